The van der Waals surface area contributed by atoms with Crippen LogP contribution in [0.2, 0.25) is 0 Å². The van der Waals surface area contributed by atoms with Gasteiger partial charge >= 0.3 is 0 Å². The van der Waals surface area contributed by atoms with E-state index >= 15 is 0 Å². The number of rotatable bonds is 5. The van der Waals surface area contributed by atoms with E-state index in [9.17, 15) is 8.42 Å². The summed E-state index contributed by atoms with van der Waals surface area (Å²) in [7, 11) is -1.25. The van der Waals surface area contributed by atoms with Crippen molar-refractivity contribution in [2.75, 3.05) is 32.4 Å². The number of benzene rings is 1. The lowest BCUT2D eigenvalue weighted by molar-refractivity contribution is 0.143. The fourth-order valence-corrected chi connectivity index (χ4v) is 3.88. The number of nitrogens with zero attached hydrogens (tertiary/aromatic N) is 1. The second-order valence-corrected chi connectivity index (χ2v) is 8.20. The molecule has 1 aliphatic heterocycles. The molecule has 3 N–H and O–H groups in total. The van der Waals surface area contributed by atoms with Crippen molar-refractivity contribution in [2.24, 2.45) is 5.41 Å². The predicted molar refractivity (Wildman–Crippen MR) is 86.3 cm³/mol. The van der Waals surface area contributed by atoms with Crippen LogP contribution in [0.1, 0.15) is 25.3 Å². The van der Waals surface area contributed by atoms with E-state index in [0.717, 1.165) is 25.9 Å². The van der Waals surface area contributed by atoms with E-state index < -0.39 is 10.0 Å². The summed E-state index contributed by atoms with van der Waals surface area (Å²) in [6.45, 7) is 4.68. The standard InChI is InChI=1S/C15H25N3O2S/c1-15(7-9-18(2)10-8-15)12-17-21(19,20)11-13-5-3-4-6-14(13)16/h3-6,17H,7-12,16H2,1-2H3. The van der Waals surface area contributed by atoms with Crippen LogP contribution in [-0.2, 0) is 15.8 Å². The molecule has 118 valence electrons. The van der Waals surface area contributed by atoms with Crippen molar-refractivity contribution < 1.29 is 8.42 Å². The number of nitrogens with one attached hydrogen (secondary N) is 1. The van der Waals surface area contributed by atoms with Gasteiger partial charge in [-0.25, -0.2) is 13.1 Å². The molecule has 1 aromatic carbocycles. The van der Waals surface area contributed by atoms with Crippen molar-refractivity contribution in [1.29, 1.82) is 0 Å². The average molecular weight is 311 g/mol. The van der Waals surface area contributed by atoms with Gasteiger partial charge in [-0.2, -0.15) is 0 Å². The summed E-state index contributed by atoms with van der Waals surface area (Å²) in [4.78, 5) is 2.28. The topological polar surface area (TPSA) is 75.4 Å². The highest BCUT2D eigenvalue weighted by molar-refractivity contribution is 7.88. The molecule has 1 aromatic rings. The molecule has 0 bridgehead atoms. The minimum Gasteiger partial charge on any atom is -0.398 e. The molecule has 1 aliphatic rings. The number of para-hydroxylation sites is 1. The fourth-order valence-electron chi connectivity index (χ4n) is 2.54. The summed E-state index contributed by atoms with van der Waals surface area (Å²) in [6.07, 6.45) is 2.03. The van der Waals surface area contributed by atoms with Crippen LogP contribution in [0, 0.1) is 5.41 Å². The number of likely N-dealkylation sites (tertiary alicyclic amines) is 1. The van der Waals surface area contributed by atoms with E-state index in [1.54, 1.807) is 24.3 Å². The largest absolute Gasteiger partial charge is 0.398 e. The Kier molecular flexibility index (Phi) is 4.91. The first-order valence-corrected chi connectivity index (χ1v) is 8.94. The average Bonchev–Trinajstić information content (AvgIpc) is 2.43. The lowest BCUT2D eigenvalue weighted by Gasteiger charge is -2.37. The second-order valence-electron chi connectivity index (χ2n) is 6.39. The highest BCUT2D eigenvalue weighted by atomic mass is 32.2. The number of nitrogen functional groups attached to an aromatic ring is 1. The van der Waals surface area contributed by atoms with Crippen LogP contribution in [0.15, 0.2) is 24.3 Å². The van der Waals surface area contributed by atoms with Crippen LogP contribution in [0.4, 0.5) is 5.69 Å². The molecule has 0 radical (unpaired) electrons. The second kappa shape index (κ2) is 6.34. The summed E-state index contributed by atoms with van der Waals surface area (Å²) in [5, 5.41) is 0. The number of hydrogen-bond donors (Lipinski definition) is 2. The van der Waals surface area contributed by atoms with E-state index in [1.165, 1.54) is 0 Å². The number of nitrogens with two attached hydrogens (primary N) is 1. The van der Waals surface area contributed by atoms with Gasteiger partial charge in [-0.1, -0.05) is 25.1 Å². The van der Waals surface area contributed by atoms with Gasteiger partial charge in [0.2, 0.25) is 10.0 Å². The number of piperidine rings is 1. The molecule has 1 heterocycles. The third-order valence-electron chi connectivity index (χ3n) is 4.31. The third kappa shape index (κ3) is 4.69. The molecule has 6 heteroatoms. The normalized spacial score (nSPS) is 19.5. The Bertz CT molecular complexity index is 578. The summed E-state index contributed by atoms with van der Waals surface area (Å²) in [5.41, 5.74) is 7.03. The van der Waals surface area contributed by atoms with Gasteiger partial charge in [-0.05, 0) is 50.0 Å². The molecule has 21 heavy (non-hydrogen) atoms. The zero-order valence-electron chi connectivity index (χ0n) is 12.8. The van der Waals surface area contributed by atoms with E-state index in [1.807, 2.05) is 0 Å². The molecule has 0 spiro atoms. The van der Waals surface area contributed by atoms with Crippen molar-refractivity contribution >= 4 is 15.7 Å². The Labute approximate surface area is 127 Å². The van der Waals surface area contributed by atoms with E-state index in [-0.39, 0.29) is 11.2 Å². The first-order chi connectivity index (χ1) is 9.80. The summed E-state index contributed by atoms with van der Waals surface area (Å²) in [6, 6.07) is 7.09. The molecule has 0 unspecified atom stereocenters. The van der Waals surface area contributed by atoms with Gasteiger partial charge in [0.25, 0.3) is 0 Å². The van der Waals surface area contributed by atoms with Crippen LogP contribution in [-0.4, -0.2) is 40.0 Å². The number of anilines is 1. The van der Waals surface area contributed by atoms with Crippen LogP contribution in [0.3, 0.4) is 0 Å². The molecule has 2 rings (SSSR count). The minimum atomic E-state index is -3.35. The highest BCUT2D eigenvalue weighted by Crippen LogP contribution is 2.29. The zero-order valence-corrected chi connectivity index (χ0v) is 13.6. The fraction of sp³-hybridized carbons (Fsp3) is 0.600. The van der Waals surface area contributed by atoms with E-state index in [2.05, 4.69) is 23.6 Å². The van der Waals surface area contributed by atoms with Gasteiger partial charge in [0.05, 0.1) is 5.75 Å². The summed E-state index contributed by atoms with van der Waals surface area (Å²) in [5.74, 6) is -0.0599. The summed E-state index contributed by atoms with van der Waals surface area (Å²) < 4.78 is 27.2. The van der Waals surface area contributed by atoms with E-state index in [0.29, 0.717) is 17.8 Å². The molecule has 0 atom stereocenters. The quantitative estimate of drug-likeness (QED) is 0.807. The van der Waals surface area contributed by atoms with Crippen LogP contribution >= 0.6 is 0 Å². The number of sulfonamides is 1. The summed E-state index contributed by atoms with van der Waals surface area (Å²) >= 11 is 0. The molecular formula is C15H25N3O2S. The first kappa shape index (κ1) is 16.3. The Balaban J connectivity index is 1.94. The molecule has 0 saturated carbocycles. The zero-order chi connectivity index (χ0) is 15.5. The van der Waals surface area contributed by atoms with Gasteiger partial charge in [0.1, 0.15) is 0 Å². The number of hydrogen-bond acceptors (Lipinski definition) is 4. The molecule has 1 fully saturated rings. The van der Waals surface area contributed by atoms with Gasteiger partial charge in [0.15, 0.2) is 0 Å². The van der Waals surface area contributed by atoms with Gasteiger partial charge < -0.3 is 10.6 Å². The third-order valence-corrected chi connectivity index (χ3v) is 5.59. The predicted octanol–water partition coefficient (Wildman–Crippen LogP) is 1.42. The Morgan fingerprint density at radius 2 is 1.90 bits per heavy atom. The Hall–Kier alpha value is -1.11. The van der Waals surface area contributed by atoms with Crippen molar-refractivity contribution in [3.63, 3.8) is 0 Å². The smallest absolute Gasteiger partial charge is 0.215 e. The SMILES string of the molecule is CN1CCC(C)(CNS(=O)(=O)Cc2ccccc2N)CC1. The Morgan fingerprint density at radius 3 is 2.52 bits per heavy atom. The molecule has 0 amide bonds. The molecular weight excluding hydrogens is 286 g/mol. The molecule has 5 nitrogen and oxygen atoms in total. The first-order valence-electron chi connectivity index (χ1n) is 7.29. The maximum Gasteiger partial charge on any atom is 0.215 e. The minimum absolute atomic E-state index is 0.0435. The molecule has 1 saturated heterocycles. The van der Waals surface area contributed by atoms with Crippen LogP contribution in [0.5, 0.6) is 0 Å². The van der Waals surface area contributed by atoms with Crippen molar-refractivity contribution in [3.05, 3.63) is 29.8 Å². The van der Waals surface area contributed by atoms with Crippen LogP contribution < -0.4 is 10.5 Å². The maximum absolute atomic E-state index is 12.2. The van der Waals surface area contributed by atoms with Gasteiger partial charge in [0, 0.05) is 12.2 Å². The molecule has 0 aliphatic carbocycles. The monoisotopic (exact) mass is 311 g/mol. The Morgan fingerprint density at radius 1 is 1.29 bits per heavy atom. The van der Waals surface area contributed by atoms with Gasteiger partial charge in [-0.15, -0.1) is 0 Å². The lowest BCUT2D eigenvalue weighted by atomic mass is 9.81. The highest BCUT2D eigenvalue weighted by Gasteiger charge is 2.30. The van der Waals surface area contributed by atoms with Crippen molar-refractivity contribution in [3.8, 4) is 0 Å². The van der Waals surface area contributed by atoms with Crippen molar-refractivity contribution in [2.45, 2.75) is 25.5 Å². The van der Waals surface area contributed by atoms with E-state index in [4.69, 9.17) is 5.73 Å². The maximum atomic E-state index is 12.2. The molecule has 0 aromatic heterocycles. The van der Waals surface area contributed by atoms with Gasteiger partial charge in [-0.3, -0.25) is 0 Å². The van der Waals surface area contributed by atoms with Crippen LogP contribution in [0.25, 0.3) is 0 Å². The van der Waals surface area contributed by atoms with Crippen molar-refractivity contribution in [1.82, 2.24) is 9.62 Å². The lowest BCUT2D eigenvalue weighted by Crippen LogP contribution is -2.43.